The van der Waals surface area contributed by atoms with Gasteiger partial charge >= 0.3 is 0 Å². The Hall–Kier alpha value is -1.24. The maximum Gasteiger partial charge on any atom is 0.187 e. The molecule has 6 heterocycles. The van der Waals surface area contributed by atoms with Crippen LogP contribution in [0.1, 0.15) is 0 Å². The van der Waals surface area contributed by atoms with Gasteiger partial charge in [-0.2, -0.15) is 0 Å². The molecule has 31 heteroatoms. The molecule has 6 fully saturated rings. The molecule has 0 aromatic rings. The average Bonchev–Trinajstić information content (AvgIpc) is 3.46. The molecule has 31 nitrogen and oxygen atoms in total. The predicted octanol–water partition coefficient (Wildman–Crippen LogP) is -5.60. The van der Waals surface area contributed by atoms with E-state index in [1.165, 1.54) is 92.4 Å². The summed E-state index contributed by atoms with van der Waals surface area (Å²) in [6, 6.07) is 0. The molecule has 6 aliphatic rings. The fourth-order valence-corrected chi connectivity index (χ4v) is 11.2. The second-order valence-electron chi connectivity index (χ2n) is 19.7. The summed E-state index contributed by atoms with van der Waals surface area (Å²) in [6.45, 7) is -1.73. The molecule has 0 aromatic carbocycles. The molecule has 0 spiro atoms. The van der Waals surface area contributed by atoms with E-state index in [4.69, 9.17) is 114 Å². The van der Waals surface area contributed by atoms with Gasteiger partial charge in [-0.05, 0) is 0 Å². The summed E-state index contributed by atoms with van der Waals surface area (Å²) in [5.41, 5.74) is 0. The van der Waals surface area contributed by atoms with Crippen LogP contribution in [-0.2, 0) is 114 Å². The van der Waals surface area contributed by atoms with Crippen LogP contribution in [0.4, 0.5) is 0 Å². The van der Waals surface area contributed by atoms with Crippen molar-refractivity contribution in [3.8, 4) is 0 Å². The van der Waals surface area contributed by atoms with Crippen molar-refractivity contribution in [2.75, 3.05) is 132 Å². The van der Waals surface area contributed by atoms with E-state index in [0.29, 0.717) is 0 Å². The van der Waals surface area contributed by atoms with Gasteiger partial charge in [-0.3, -0.25) is 0 Å². The summed E-state index contributed by atoms with van der Waals surface area (Å²) in [4.78, 5) is 0. The quantitative estimate of drug-likeness (QED) is 0.0367. The maximum atomic E-state index is 11.5. The second kappa shape index (κ2) is 32.5. The molecule has 0 unspecified atom stereocenters. The monoisotopic (exact) mass is 1170 g/mol. The number of hydrogen-bond donors (Lipinski definition) is 7. The lowest BCUT2D eigenvalue weighted by molar-refractivity contribution is -0.401. The molecule has 30 atom stereocenters. The van der Waals surface area contributed by atoms with E-state index >= 15 is 0 Å². The van der Waals surface area contributed by atoms with E-state index in [1.54, 1.807) is 0 Å². The smallest absolute Gasteiger partial charge is 0.187 e. The Labute approximate surface area is 465 Å². The molecule has 80 heavy (non-hydrogen) atoms. The SMILES string of the molecule is COC[C@@H]1O[C@H](O[C@H]2[C@H](OC)[C@@H](OC)[C@H](O[C@H]3[C@H](OC)[C@@H](OC)[C@H](OC)O[C@@H]3COC)O[C@@H]2COC)[C@@H](OC)[C@H](OC)[C@H]1O[C@@H]1O[C@H](COC)[C@@H](O[C@H]2O[C@@H](CO)[C@H](O[C@@H]3O[C@H](CO)[C@@H](O)[C@H](O)[C@H]3O)[C@@H](O)[C@@H]2O)[C@H](OC)[C@H]1OC. The first-order valence-electron chi connectivity index (χ1n) is 26.1. The molecule has 0 bridgehead atoms. The third kappa shape index (κ3) is 14.8. The molecule has 0 amide bonds. The third-order valence-electron chi connectivity index (χ3n) is 15.2. The zero-order valence-corrected chi connectivity index (χ0v) is 47.5. The summed E-state index contributed by atoms with van der Waals surface area (Å²) in [5.74, 6) is 0. The molecule has 6 aliphatic heterocycles. The van der Waals surface area contributed by atoms with Crippen molar-refractivity contribution in [3.05, 3.63) is 0 Å². The Bertz CT molecular complexity index is 1730. The summed E-state index contributed by atoms with van der Waals surface area (Å²) < 4.78 is 146. The first kappa shape index (κ1) is 67.9. The highest BCUT2D eigenvalue weighted by Crippen LogP contribution is 2.40. The van der Waals surface area contributed by atoms with Crippen LogP contribution in [0.3, 0.4) is 0 Å². The van der Waals surface area contributed by atoms with Crippen molar-refractivity contribution < 1.29 is 149 Å². The van der Waals surface area contributed by atoms with E-state index < -0.39 is 197 Å². The minimum absolute atomic E-state index is 0.0186. The van der Waals surface area contributed by atoms with Crippen LogP contribution in [0, 0.1) is 0 Å². The van der Waals surface area contributed by atoms with Gasteiger partial charge in [0.1, 0.15) is 146 Å². The summed E-state index contributed by atoms with van der Waals surface area (Å²) >= 11 is 0. The van der Waals surface area contributed by atoms with E-state index in [2.05, 4.69) is 0 Å². The van der Waals surface area contributed by atoms with E-state index in [9.17, 15) is 35.7 Å². The summed E-state index contributed by atoms with van der Waals surface area (Å²) in [5, 5.41) is 74.2. The average molecular weight is 1170 g/mol. The molecule has 6 saturated heterocycles. The highest BCUT2D eigenvalue weighted by atomic mass is 16.8. The Kier molecular flexibility index (Phi) is 27.6. The highest BCUT2D eigenvalue weighted by Gasteiger charge is 2.59. The van der Waals surface area contributed by atoms with Gasteiger partial charge in [0.2, 0.25) is 0 Å². The van der Waals surface area contributed by atoms with Gasteiger partial charge in [-0.1, -0.05) is 0 Å². The fourth-order valence-electron chi connectivity index (χ4n) is 11.2. The molecule has 0 aromatic heterocycles. The lowest BCUT2D eigenvalue weighted by Crippen LogP contribution is -2.69. The van der Waals surface area contributed by atoms with Crippen molar-refractivity contribution in [1.29, 1.82) is 0 Å². The van der Waals surface area contributed by atoms with Gasteiger partial charge < -0.3 is 149 Å². The third-order valence-corrected chi connectivity index (χ3v) is 15.2. The molecular formula is C49H88O31. The van der Waals surface area contributed by atoms with Gasteiger partial charge in [0.15, 0.2) is 37.7 Å². The zero-order chi connectivity index (χ0) is 58.5. The summed E-state index contributed by atoms with van der Waals surface area (Å²) in [6.07, 6.45) is -36.7. The van der Waals surface area contributed by atoms with E-state index in [0.717, 1.165) is 0 Å². The van der Waals surface area contributed by atoms with Gasteiger partial charge in [-0.15, -0.1) is 0 Å². The number of rotatable bonds is 29. The van der Waals surface area contributed by atoms with Gasteiger partial charge in [-0.25, -0.2) is 0 Å². The first-order valence-corrected chi connectivity index (χ1v) is 26.1. The van der Waals surface area contributed by atoms with Crippen LogP contribution >= 0.6 is 0 Å². The number of aliphatic hydroxyl groups is 7. The van der Waals surface area contributed by atoms with Crippen LogP contribution < -0.4 is 0 Å². The van der Waals surface area contributed by atoms with Crippen LogP contribution in [0.5, 0.6) is 0 Å². The van der Waals surface area contributed by atoms with Crippen molar-refractivity contribution >= 4 is 0 Å². The normalized spacial score (nSPS) is 46.6. The van der Waals surface area contributed by atoms with Crippen molar-refractivity contribution in [2.45, 2.75) is 184 Å². The van der Waals surface area contributed by atoms with Gasteiger partial charge in [0.25, 0.3) is 0 Å². The Balaban J connectivity index is 1.21. The van der Waals surface area contributed by atoms with Gasteiger partial charge in [0, 0.05) is 92.4 Å². The standard InChI is InChI=1S/C49H88O31/c1-57-16-22-33(36(61-5)40(65-9)46(69-13)72-22)78-48-42(67-11)38(63-7)35(24(74-48)18-59-3)80-49-43(68-12)39(64-8)34(25(75-49)19-60-4)79-47-41(66-10)37(62-6)32(23(73-47)17-58-2)77-45-30(56)28(54)31(21(15-51)71-45)76-44-29(55)27(53)26(52)20(14-50)70-44/h20-56H,14-19H2,1-13H3/t20-,21+,22-,23-,24-,25+,26-,27+,28+,29-,30+,31+,32-,33-,34+,35-,36+,37+,38+,39-,40-,41-,42-,43+,44+,45-,46-,47+,48+,49-/m1/s1. The Morgan fingerprint density at radius 3 is 0.800 bits per heavy atom. The topological polar surface area (TPSA) is 363 Å². The second-order valence-corrected chi connectivity index (χ2v) is 19.7. The molecule has 0 radical (unpaired) electrons. The van der Waals surface area contributed by atoms with Gasteiger partial charge in [0.05, 0.1) is 39.6 Å². The lowest BCUT2D eigenvalue weighted by Gasteiger charge is -2.52. The maximum absolute atomic E-state index is 11.5. The van der Waals surface area contributed by atoms with Crippen LogP contribution in [0.2, 0.25) is 0 Å². The molecule has 0 saturated carbocycles. The fraction of sp³-hybridized carbons (Fsp3) is 1.00. The molecule has 470 valence electrons. The number of hydrogen-bond acceptors (Lipinski definition) is 31. The highest BCUT2D eigenvalue weighted by molar-refractivity contribution is 5.02. The lowest BCUT2D eigenvalue weighted by atomic mass is 9.94. The molecule has 6 rings (SSSR count). The van der Waals surface area contributed by atoms with Crippen molar-refractivity contribution in [3.63, 3.8) is 0 Å². The number of ether oxygens (including phenoxy) is 24. The largest absolute Gasteiger partial charge is 0.394 e. The van der Waals surface area contributed by atoms with Crippen LogP contribution in [0.25, 0.3) is 0 Å². The zero-order valence-electron chi connectivity index (χ0n) is 47.5. The summed E-state index contributed by atoms with van der Waals surface area (Å²) in [7, 11) is 19.0. The minimum Gasteiger partial charge on any atom is -0.394 e. The molecular weight excluding hydrogens is 1080 g/mol. The van der Waals surface area contributed by atoms with Crippen LogP contribution in [0.15, 0.2) is 0 Å². The van der Waals surface area contributed by atoms with Crippen LogP contribution in [-0.4, -0.2) is 352 Å². The number of aliphatic hydroxyl groups excluding tert-OH is 7. The molecule has 7 N–H and O–H groups in total. The molecule has 0 aliphatic carbocycles. The van der Waals surface area contributed by atoms with Crippen molar-refractivity contribution in [2.24, 2.45) is 0 Å². The minimum atomic E-state index is -1.90. The predicted molar refractivity (Wildman–Crippen MR) is 261 cm³/mol. The van der Waals surface area contributed by atoms with E-state index in [-0.39, 0.29) is 26.4 Å². The number of methoxy groups -OCH3 is 13. The Morgan fingerprint density at radius 1 is 0.237 bits per heavy atom. The van der Waals surface area contributed by atoms with Crippen molar-refractivity contribution in [1.82, 2.24) is 0 Å². The van der Waals surface area contributed by atoms with E-state index in [1.807, 2.05) is 0 Å². The Morgan fingerprint density at radius 2 is 0.500 bits per heavy atom. The first-order chi connectivity index (χ1) is 38.6.